The molecule has 0 atom stereocenters. The predicted molar refractivity (Wildman–Crippen MR) is 104 cm³/mol. The van der Waals surface area contributed by atoms with E-state index >= 15 is 0 Å². The summed E-state index contributed by atoms with van der Waals surface area (Å²) >= 11 is 12.0. The van der Waals surface area contributed by atoms with Gasteiger partial charge in [0.1, 0.15) is 0 Å². The molecule has 0 aliphatic carbocycles. The molecular weight excluding hydrogens is 359 g/mol. The van der Waals surface area contributed by atoms with Crippen LogP contribution >= 0.6 is 23.2 Å². The summed E-state index contributed by atoms with van der Waals surface area (Å²) < 4.78 is 0. The smallest absolute Gasteiger partial charge is 0.226 e. The van der Waals surface area contributed by atoms with E-state index in [0.717, 1.165) is 16.8 Å². The van der Waals surface area contributed by atoms with E-state index < -0.39 is 0 Å². The van der Waals surface area contributed by atoms with Gasteiger partial charge in [-0.2, -0.15) is 0 Å². The lowest BCUT2D eigenvalue weighted by molar-refractivity contribution is -0.117. The Bertz CT molecular complexity index is 806. The van der Waals surface area contributed by atoms with Crippen molar-refractivity contribution in [2.24, 2.45) is 0 Å². The average molecular weight is 379 g/mol. The molecule has 6 heteroatoms. The Morgan fingerprint density at radius 1 is 1.08 bits per heavy atom. The molecule has 0 spiro atoms. The maximum absolute atomic E-state index is 12.2. The highest BCUT2D eigenvalue weighted by molar-refractivity contribution is 6.35. The number of halogens is 2. The fourth-order valence-electron chi connectivity index (χ4n) is 2.58. The van der Waals surface area contributed by atoms with Gasteiger partial charge in [0.05, 0.1) is 10.7 Å². The largest absolute Gasteiger partial charge is 0.325 e. The van der Waals surface area contributed by atoms with Crippen LogP contribution < -0.4 is 10.2 Å². The molecule has 0 bridgehead atoms. The first-order valence-electron chi connectivity index (χ1n) is 7.88. The van der Waals surface area contributed by atoms with Crippen molar-refractivity contribution >= 4 is 46.4 Å². The number of anilines is 2. The molecule has 0 heterocycles. The lowest BCUT2D eigenvalue weighted by atomic mass is 10.1. The number of rotatable bonds is 5. The van der Waals surface area contributed by atoms with Crippen molar-refractivity contribution in [3.63, 3.8) is 0 Å². The topological polar surface area (TPSA) is 49.4 Å². The van der Waals surface area contributed by atoms with E-state index in [-0.39, 0.29) is 24.8 Å². The lowest BCUT2D eigenvalue weighted by Crippen LogP contribution is -2.32. The summed E-state index contributed by atoms with van der Waals surface area (Å²) in [4.78, 5) is 25.8. The van der Waals surface area contributed by atoms with Crippen molar-refractivity contribution in [3.05, 3.63) is 57.6 Å². The van der Waals surface area contributed by atoms with Crippen molar-refractivity contribution in [2.75, 3.05) is 16.8 Å². The normalized spacial score (nSPS) is 10.4. The molecule has 0 aromatic heterocycles. The highest BCUT2D eigenvalue weighted by atomic mass is 35.5. The van der Waals surface area contributed by atoms with Gasteiger partial charge in [0.25, 0.3) is 0 Å². The number of hydrogen-bond acceptors (Lipinski definition) is 2. The van der Waals surface area contributed by atoms with Crippen LogP contribution in [0.5, 0.6) is 0 Å². The number of aryl methyl sites for hydroxylation is 2. The number of nitrogens with zero attached hydrogens (tertiary/aromatic N) is 1. The monoisotopic (exact) mass is 378 g/mol. The third-order valence-corrected chi connectivity index (χ3v) is 4.35. The van der Waals surface area contributed by atoms with Gasteiger partial charge in [-0.1, -0.05) is 40.9 Å². The first kappa shape index (κ1) is 19.3. The molecule has 2 rings (SSSR count). The van der Waals surface area contributed by atoms with E-state index in [2.05, 4.69) is 5.32 Å². The number of amides is 2. The van der Waals surface area contributed by atoms with Gasteiger partial charge in [0, 0.05) is 30.6 Å². The van der Waals surface area contributed by atoms with E-state index in [4.69, 9.17) is 23.2 Å². The van der Waals surface area contributed by atoms with Crippen LogP contribution in [0.15, 0.2) is 36.4 Å². The lowest BCUT2D eigenvalue weighted by Gasteiger charge is -2.23. The highest BCUT2D eigenvalue weighted by Crippen LogP contribution is 2.26. The van der Waals surface area contributed by atoms with Crippen LogP contribution in [-0.4, -0.2) is 18.4 Å². The minimum Gasteiger partial charge on any atom is -0.325 e. The molecule has 2 amide bonds. The maximum Gasteiger partial charge on any atom is 0.226 e. The van der Waals surface area contributed by atoms with E-state index in [1.54, 1.807) is 23.1 Å². The van der Waals surface area contributed by atoms with Crippen LogP contribution in [0.2, 0.25) is 10.0 Å². The number of carbonyl (C=O) groups excluding carboxylic acids is 2. The molecule has 0 radical (unpaired) electrons. The summed E-state index contributed by atoms with van der Waals surface area (Å²) in [5.74, 6) is -0.347. The molecule has 0 fully saturated rings. The van der Waals surface area contributed by atoms with Gasteiger partial charge in [0.2, 0.25) is 11.8 Å². The molecule has 2 aromatic rings. The third-order valence-electron chi connectivity index (χ3n) is 3.79. The standard InChI is InChI=1S/C19H20Cl2N2O2/c1-12-4-7-18(13(2)10-12)23(14(3)24)9-8-19(25)22-17-11-15(20)5-6-16(17)21/h4-7,10-11H,8-9H2,1-3H3,(H,22,25). The summed E-state index contributed by atoms with van der Waals surface area (Å²) in [5, 5.41) is 3.63. The Balaban J connectivity index is 2.07. The zero-order chi connectivity index (χ0) is 18.6. The maximum atomic E-state index is 12.2. The number of nitrogens with one attached hydrogen (secondary N) is 1. The molecule has 2 aromatic carbocycles. The van der Waals surface area contributed by atoms with Gasteiger partial charge in [0.15, 0.2) is 0 Å². The summed E-state index contributed by atoms with van der Waals surface area (Å²) in [6.07, 6.45) is 0.149. The fraction of sp³-hybridized carbons (Fsp3) is 0.263. The molecule has 0 saturated carbocycles. The van der Waals surface area contributed by atoms with Crippen LogP contribution in [-0.2, 0) is 9.59 Å². The zero-order valence-corrected chi connectivity index (χ0v) is 15.9. The number of carbonyl (C=O) groups is 2. The predicted octanol–water partition coefficient (Wildman–Crippen LogP) is 4.99. The minimum absolute atomic E-state index is 0.111. The fourth-order valence-corrected chi connectivity index (χ4v) is 2.91. The van der Waals surface area contributed by atoms with Crippen LogP contribution in [0.3, 0.4) is 0 Å². The molecule has 4 nitrogen and oxygen atoms in total. The quantitative estimate of drug-likeness (QED) is 0.796. The van der Waals surface area contributed by atoms with Crippen molar-refractivity contribution in [2.45, 2.75) is 27.2 Å². The third kappa shape index (κ3) is 5.21. The summed E-state index contributed by atoms with van der Waals surface area (Å²) in [6.45, 7) is 5.72. The molecule has 0 unspecified atom stereocenters. The highest BCUT2D eigenvalue weighted by Gasteiger charge is 2.16. The van der Waals surface area contributed by atoms with Crippen LogP contribution in [0.4, 0.5) is 11.4 Å². The Morgan fingerprint density at radius 3 is 2.44 bits per heavy atom. The Labute approximate surface area is 157 Å². The molecule has 1 N–H and O–H groups in total. The van der Waals surface area contributed by atoms with Crippen molar-refractivity contribution in [3.8, 4) is 0 Å². The Morgan fingerprint density at radius 2 is 1.80 bits per heavy atom. The zero-order valence-electron chi connectivity index (χ0n) is 14.4. The van der Waals surface area contributed by atoms with Crippen molar-refractivity contribution < 1.29 is 9.59 Å². The molecule has 0 aliphatic heterocycles. The van der Waals surface area contributed by atoms with Gasteiger partial charge in [-0.3, -0.25) is 9.59 Å². The van der Waals surface area contributed by atoms with E-state index in [9.17, 15) is 9.59 Å². The second-order valence-electron chi connectivity index (χ2n) is 5.88. The van der Waals surface area contributed by atoms with Crippen LogP contribution in [0, 0.1) is 13.8 Å². The second kappa shape index (κ2) is 8.37. The SMILES string of the molecule is CC(=O)N(CCC(=O)Nc1cc(Cl)ccc1Cl)c1ccc(C)cc1C. The van der Waals surface area contributed by atoms with E-state index in [1.165, 1.54) is 6.92 Å². The first-order chi connectivity index (χ1) is 11.8. The van der Waals surface area contributed by atoms with Crippen LogP contribution in [0.25, 0.3) is 0 Å². The van der Waals surface area contributed by atoms with E-state index in [0.29, 0.717) is 15.7 Å². The molecular formula is C19H20Cl2N2O2. The van der Waals surface area contributed by atoms with Gasteiger partial charge in [-0.15, -0.1) is 0 Å². The number of hydrogen-bond donors (Lipinski definition) is 1. The summed E-state index contributed by atoms with van der Waals surface area (Å²) in [5.41, 5.74) is 3.39. The summed E-state index contributed by atoms with van der Waals surface area (Å²) in [7, 11) is 0. The second-order valence-corrected chi connectivity index (χ2v) is 6.73. The Hall–Kier alpha value is -2.04. The molecule has 0 aliphatic rings. The average Bonchev–Trinajstić information content (AvgIpc) is 2.52. The molecule has 25 heavy (non-hydrogen) atoms. The molecule has 0 saturated heterocycles. The van der Waals surface area contributed by atoms with E-state index in [1.807, 2.05) is 32.0 Å². The van der Waals surface area contributed by atoms with Crippen molar-refractivity contribution in [1.29, 1.82) is 0 Å². The van der Waals surface area contributed by atoms with Crippen molar-refractivity contribution in [1.82, 2.24) is 0 Å². The molecule has 132 valence electrons. The van der Waals surface area contributed by atoms with Gasteiger partial charge in [-0.05, 0) is 43.7 Å². The minimum atomic E-state index is -0.236. The summed E-state index contributed by atoms with van der Waals surface area (Å²) in [6, 6.07) is 10.7. The number of benzene rings is 2. The van der Waals surface area contributed by atoms with Crippen LogP contribution in [0.1, 0.15) is 24.5 Å². The van der Waals surface area contributed by atoms with Gasteiger partial charge < -0.3 is 10.2 Å². The Kier molecular flexibility index (Phi) is 6.45. The van der Waals surface area contributed by atoms with Gasteiger partial charge >= 0.3 is 0 Å². The van der Waals surface area contributed by atoms with Gasteiger partial charge in [-0.25, -0.2) is 0 Å². The first-order valence-corrected chi connectivity index (χ1v) is 8.64.